The van der Waals surface area contributed by atoms with Gasteiger partial charge < -0.3 is 15.2 Å². The Hall–Kier alpha value is -2.67. The highest BCUT2D eigenvalue weighted by molar-refractivity contribution is 5.84. The van der Waals surface area contributed by atoms with E-state index in [2.05, 4.69) is 26.5 Å². The number of fused-ring (bicyclic) bond motifs is 1. The Morgan fingerprint density at radius 2 is 2.33 bits per heavy atom. The molecule has 7 nitrogen and oxygen atoms in total. The molecular formula is C14H15N5O2. The van der Waals surface area contributed by atoms with Crippen LogP contribution in [0.25, 0.3) is 10.9 Å². The molecular weight excluding hydrogens is 270 g/mol. The van der Waals surface area contributed by atoms with Gasteiger partial charge in [0.1, 0.15) is 0 Å². The Morgan fingerprint density at radius 3 is 3.14 bits per heavy atom. The Kier molecular flexibility index (Phi) is 3.65. The van der Waals surface area contributed by atoms with Gasteiger partial charge in [-0.15, -0.1) is 0 Å². The first-order valence-corrected chi connectivity index (χ1v) is 6.62. The number of amides is 1. The largest absolute Gasteiger partial charge is 0.361 e. The lowest BCUT2D eigenvalue weighted by atomic mass is 10.1. The number of nitrogens with zero attached hydrogens (tertiary/aromatic N) is 2. The molecule has 0 spiro atoms. The van der Waals surface area contributed by atoms with Crippen molar-refractivity contribution in [2.24, 2.45) is 5.73 Å². The first-order valence-electron chi connectivity index (χ1n) is 6.62. The van der Waals surface area contributed by atoms with E-state index in [0.717, 1.165) is 22.9 Å². The van der Waals surface area contributed by atoms with Crippen molar-refractivity contribution < 1.29 is 9.32 Å². The van der Waals surface area contributed by atoms with Gasteiger partial charge in [-0.1, -0.05) is 6.07 Å². The molecule has 0 unspecified atom stereocenters. The second-order valence-corrected chi connectivity index (χ2v) is 4.68. The maximum Gasteiger partial charge on any atom is 0.269 e. The zero-order valence-corrected chi connectivity index (χ0v) is 11.3. The molecule has 0 aliphatic carbocycles. The van der Waals surface area contributed by atoms with Crippen molar-refractivity contribution in [3.63, 3.8) is 0 Å². The number of aromatic nitrogens is 3. The number of benzene rings is 1. The summed E-state index contributed by atoms with van der Waals surface area (Å²) in [4.78, 5) is 17.6. The molecule has 0 saturated heterocycles. The molecule has 1 amide bonds. The third kappa shape index (κ3) is 2.77. The smallest absolute Gasteiger partial charge is 0.269 e. The summed E-state index contributed by atoms with van der Waals surface area (Å²) < 4.78 is 5.08. The van der Waals surface area contributed by atoms with Gasteiger partial charge in [0.2, 0.25) is 12.3 Å². The molecule has 21 heavy (non-hydrogen) atoms. The van der Waals surface area contributed by atoms with E-state index in [0.29, 0.717) is 25.3 Å². The highest BCUT2D eigenvalue weighted by atomic mass is 16.5. The van der Waals surface area contributed by atoms with Gasteiger partial charge in [0.25, 0.3) is 5.95 Å². The number of aromatic amines is 1. The summed E-state index contributed by atoms with van der Waals surface area (Å²) >= 11 is 0. The van der Waals surface area contributed by atoms with Crippen LogP contribution in [0.5, 0.6) is 0 Å². The number of hydrogen-bond donors (Lipinski definition) is 3. The Labute approximate surface area is 120 Å². The van der Waals surface area contributed by atoms with Crippen LogP contribution < -0.4 is 11.1 Å². The van der Waals surface area contributed by atoms with E-state index in [4.69, 9.17) is 10.3 Å². The Balaban J connectivity index is 1.85. The predicted octanol–water partition coefficient (Wildman–Crippen LogP) is 1.21. The van der Waals surface area contributed by atoms with Gasteiger partial charge in [-0.3, -0.25) is 10.1 Å². The number of carbonyl (C=O) groups is 1. The normalized spacial score (nSPS) is 10.9. The molecule has 2 heterocycles. The van der Waals surface area contributed by atoms with Crippen LogP contribution in [0.15, 0.2) is 28.9 Å². The fraction of sp³-hybridized carbons (Fsp3) is 0.214. The van der Waals surface area contributed by atoms with Crippen LogP contribution in [-0.4, -0.2) is 28.1 Å². The van der Waals surface area contributed by atoms with Crippen molar-refractivity contribution in [1.82, 2.24) is 15.1 Å². The van der Waals surface area contributed by atoms with Gasteiger partial charge in [0.15, 0.2) is 0 Å². The minimum Gasteiger partial charge on any atom is -0.361 e. The average Bonchev–Trinajstić information content (AvgIpc) is 3.08. The molecule has 4 N–H and O–H groups in total. The zero-order chi connectivity index (χ0) is 14.7. The molecule has 0 aliphatic rings. The van der Waals surface area contributed by atoms with Crippen LogP contribution in [0, 0.1) is 0 Å². The second kappa shape index (κ2) is 5.76. The molecule has 7 heteroatoms. The lowest BCUT2D eigenvalue weighted by molar-refractivity contribution is -0.105. The summed E-state index contributed by atoms with van der Waals surface area (Å²) in [5, 5.41) is 7.16. The van der Waals surface area contributed by atoms with Crippen molar-refractivity contribution in [2.45, 2.75) is 12.8 Å². The molecule has 1 aromatic carbocycles. The average molecular weight is 285 g/mol. The fourth-order valence-corrected chi connectivity index (χ4v) is 2.31. The molecule has 0 aliphatic heterocycles. The summed E-state index contributed by atoms with van der Waals surface area (Å²) in [5.41, 5.74) is 8.96. The molecule has 0 saturated carbocycles. The lowest BCUT2D eigenvalue weighted by Gasteiger charge is -2.00. The molecule has 3 rings (SSSR count). The van der Waals surface area contributed by atoms with Crippen molar-refractivity contribution in [3.05, 3.63) is 41.4 Å². The van der Waals surface area contributed by atoms with E-state index < -0.39 is 0 Å². The molecule has 0 radical (unpaired) electrons. The summed E-state index contributed by atoms with van der Waals surface area (Å²) in [6.07, 6.45) is 3.84. The van der Waals surface area contributed by atoms with Gasteiger partial charge in [-0.25, -0.2) is 0 Å². The van der Waals surface area contributed by atoms with Crippen molar-refractivity contribution in [1.29, 1.82) is 0 Å². The highest BCUT2D eigenvalue weighted by Gasteiger charge is 2.09. The van der Waals surface area contributed by atoms with Crippen molar-refractivity contribution in [2.75, 3.05) is 11.9 Å². The zero-order valence-electron chi connectivity index (χ0n) is 11.3. The predicted molar refractivity (Wildman–Crippen MR) is 77.8 cm³/mol. The molecule has 2 aromatic heterocycles. The molecule has 0 fully saturated rings. The van der Waals surface area contributed by atoms with Gasteiger partial charge >= 0.3 is 0 Å². The highest BCUT2D eigenvalue weighted by Crippen LogP contribution is 2.21. The van der Waals surface area contributed by atoms with Crippen LogP contribution >= 0.6 is 0 Å². The van der Waals surface area contributed by atoms with E-state index >= 15 is 0 Å². The van der Waals surface area contributed by atoms with Gasteiger partial charge in [0.05, 0.1) is 6.42 Å². The van der Waals surface area contributed by atoms with Crippen molar-refractivity contribution in [3.8, 4) is 0 Å². The summed E-state index contributed by atoms with van der Waals surface area (Å²) in [7, 11) is 0. The number of rotatable bonds is 6. The monoisotopic (exact) mass is 285 g/mol. The standard InChI is InChI=1S/C14H15N5O2/c15-4-3-10-7-16-12-2-1-9(5-11(10)12)6-13-18-14(17-8-20)19-21-13/h1-2,5,7-8,16H,3-4,6,15H2,(H,17,19,20). The SMILES string of the molecule is NCCc1c[nH]c2ccc(Cc3nc(NC=O)no3)cc12. The van der Waals surface area contributed by atoms with Crippen LogP contribution in [0.4, 0.5) is 5.95 Å². The van der Waals surface area contributed by atoms with Gasteiger partial charge in [0, 0.05) is 17.1 Å². The summed E-state index contributed by atoms with van der Waals surface area (Å²) in [5.74, 6) is 0.626. The maximum atomic E-state index is 10.3. The Morgan fingerprint density at radius 1 is 1.43 bits per heavy atom. The number of hydrogen-bond acceptors (Lipinski definition) is 5. The van der Waals surface area contributed by atoms with E-state index in [1.807, 2.05) is 18.3 Å². The minimum absolute atomic E-state index is 0.173. The second-order valence-electron chi connectivity index (χ2n) is 4.68. The molecule has 0 bridgehead atoms. The fourth-order valence-electron chi connectivity index (χ4n) is 2.31. The number of H-pyrrole nitrogens is 1. The number of nitrogens with two attached hydrogens (primary N) is 1. The van der Waals surface area contributed by atoms with E-state index in [-0.39, 0.29) is 5.95 Å². The number of anilines is 1. The van der Waals surface area contributed by atoms with E-state index in [1.165, 1.54) is 5.56 Å². The molecule has 0 atom stereocenters. The molecule has 3 aromatic rings. The Bertz CT molecular complexity index is 762. The topological polar surface area (TPSA) is 110 Å². The van der Waals surface area contributed by atoms with Gasteiger partial charge in [-0.05, 0) is 41.4 Å². The van der Waals surface area contributed by atoms with Gasteiger partial charge in [-0.2, -0.15) is 4.98 Å². The van der Waals surface area contributed by atoms with Crippen LogP contribution in [0.3, 0.4) is 0 Å². The maximum absolute atomic E-state index is 10.3. The lowest BCUT2D eigenvalue weighted by Crippen LogP contribution is -2.01. The summed E-state index contributed by atoms with van der Waals surface area (Å²) in [6.45, 7) is 0.613. The molecule has 108 valence electrons. The van der Waals surface area contributed by atoms with Crippen LogP contribution in [0.1, 0.15) is 17.0 Å². The van der Waals surface area contributed by atoms with Crippen LogP contribution in [-0.2, 0) is 17.6 Å². The van der Waals surface area contributed by atoms with Crippen molar-refractivity contribution >= 4 is 23.3 Å². The number of nitrogens with one attached hydrogen (secondary N) is 2. The quantitative estimate of drug-likeness (QED) is 0.590. The number of carbonyl (C=O) groups excluding carboxylic acids is 1. The first-order chi connectivity index (χ1) is 10.3. The summed E-state index contributed by atoms with van der Waals surface area (Å²) in [6, 6.07) is 6.11. The van der Waals surface area contributed by atoms with E-state index in [9.17, 15) is 4.79 Å². The van der Waals surface area contributed by atoms with E-state index in [1.54, 1.807) is 0 Å². The third-order valence-corrected chi connectivity index (χ3v) is 3.26. The third-order valence-electron chi connectivity index (χ3n) is 3.26. The van der Waals surface area contributed by atoms with Crippen LogP contribution in [0.2, 0.25) is 0 Å². The first kappa shape index (κ1) is 13.3. The minimum atomic E-state index is 0.173.